The zero-order chi connectivity index (χ0) is 26.2. The van der Waals surface area contributed by atoms with Crippen LogP contribution in [0.15, 0.2) is 35.1 Å². The van der Waals surface area contributed by atoms with Crippen LogP contribution in [-0.2, 0) is 5.67 Å². The Morgan fingerprint density at radius 1 is 1.11 bits per heavy atom. The lowest BCUT2D eigenvalue weighted by Gasteiger charge is -2.30. The minimum absolute atomic E-state index is 0.0453. The number of hydrogen-bond donors (Lipinski definition) is 1. The molecule has 2 aromatic heterocycles. The summed E-state index contributed by atoms with van der Waals surface area (Å²) in [5.41, 5.74) is 4.87. The second-order valence-corrected chi connectivity index (χ2v) is 10.2. The molecule has 0 unspecified atom stereocenters. The average Bonchev–Trinajstić information content (AvgIpc) is 3.53. The predicted molar refractivity (Wildman–Crippen MR) is 130 cm³/mol. The Labute approximate surface area is 212 Å². The first-order chi connectivity index (χ1) is 17.7. The van der Waals surface area contributed by atoms with Crippen molar-refractivity contribution in [1.82, 2.24) is 20.1 Å². The molecule has 5 rings (SSSR count). The molecule has 4 heterocycles. The van der Waals surface area contributed by atoms with Gasteiger partial charge in [0.15, 0.2) is 11.4 Å². The SMILES string of the molecule is CC(C)(F)c1noc(N2CCC(COc3cnc(N4C[C@H](c5cc(F)ccc5F)[C@@H](N)C4)nc3)CC2)n1. The number of alkyl halides is 1. The lowest BCUT2D eigenvalue weighted by Crippen LogP contribution is -2.35. The van der Waals surface area contributed by atoms with E-state index in [1.54, 1.807) is 12.4 Å². The Kier molecular flexibility index (Phi) is 6.93. The number of ether oxygens (including phenoxy) is 1. The summed E-state index contributed by atoms with van der Waals surface area (Å²) >= 11 is 0. The molecule has 3 aromatic rings. The van der Waals surface area contributed by atoms with Crippen LogP contribution in [0.25, 0.3) is 0 Å². The van der Waals surface area contributed by atoms with Crippen LogP contribution in [0.4, 0.5) is 25.1 Å². The van der Waals surface area contributed by atoms with Gasteiger partial charge in [-0.1, -0.05) is 5.16 Å². The van der Waals surface area contributed by atoms with E-state index in [1.165, 1.54) is 19.9 Å². The largest absolute Gasteiger partial charge is 0.490 e. The molecule has 2 saturated heterocycles. The zero-order valence-corrected chi connectivity index (χ0v) is 20.8. The van der Waals surface area contributed by atoms with Crippen molar-refractivity contribution in [3.05, 3.63) is 53.6 Å². The topological polar surface area (TPSA) is 106 Å². The van der Waals surface area contributed by atoms with Gasteiger partial charge in [-0.25, -0.2) is 23.1 Å². The monoisotopic (exact) mass is 517 g/mol. The van der Waals surface area contributed by atoms with Crippen molar-refractivity contribution in [2.75, 3.05) is 42.6 Å². The molecule has 0 saturated carbocycles. The smallest absolute Gasteiger partial charge is 0.324 e. The Balaban J connectivity index is 1.11. The number of hydrogen-bond acceptors (Lipinski definition) is 9. The van der Waals surface area contributed by atoms with Gasteiger partial charge in [0, 0.05) is 38.1 Å². The van der Waals surface area contributed by atoms with Crippen molar-refractivity contribution in [2.24, 2.45) is 11.7 Å². The molecule has 0 spiro atoms. The summed E-state index contributed by atoms with van der Waals surface area (Å²) in [5.74, 6) is 0.0708. The molecule has 1 aromatic carbocycles. The molecule has 0 aliphatic carbocycles. The number of rotatable bonds is 7. The minimum atomic E-state index is -1.65. The lowest BCUT2D eigenvalue weighted by atomic mass is 9.94. The first-order valence-corrected chi connectivity index (χ1v) is 12.4. The summed E-state index contributed by atoms with van der Waals surface area (Å²) in [5, 5.41) is 3.74. The van der Waals surface area contributed by atoms with Gasteiger partial charge in [-0.05, 0) is 56.4 Å². The van der Waals surface area contributed by atoms with Crippen molar-refractivity contribution in [1.29, 1.82) is 0 Å². The quantitative estimate of drug-likeness (QED) is 0.503. The fourth-order valence-corrected chi connectivity index (χ4v) is 4.76. The summed E-state index contributed by atoms with van der Waals surface area (Å²) in [4.78, 5) is 16.8. The summed E-state index contributed by atoms with van der Waals surface area (Å²) in [7, 11) is 0. The normalized spacial score (nSPS) is 21.0. The van der Waals surface area contributed by atoms with E-state index in [-0.39, 0.29) is 23.3 Å². The average molecular weight is 518 g/mol. The molecular weight excluding hydrogens is 487 g/mol. The Morgan fingerprint density at radius 3 is 2.51 bits per heavy atom. The van der Waals surface area contributed by atoms with Gasteiger partial charge in [0.2, 0.25) is 11.8 Å². The highest BCUT2D eigenvalue weighted by Gasteiger charge is 2.34. The number of benzene rings is 1. The van der Waals surface area contributed by atoms with Crippen LogP contribution in [-0.4, -0.2) is 58.9 Å². The predicted octanol–water partition coefficient (Wildman–Crippen LogP) is 3.57. The van der Waals surface area contributed by atoms with Crippen molar-refractivity contribution in [3.8, 4) is 5.75 Å². The molecule has 0 radical (unpaired) electrons. The first kappa shape index (κ1) is 25.2. The van der Waals surface area contributed by atoms with E-state index in [0.717, 1.165) is 25.0 Å². The first-order valence-electron chi connectivity index (χ1n) is 12.4. The van der Waals surface area contributed by atoms with Crippen LogP contribution < -0.4 is 20.3 Å². The second-order valence-electron chi connectivity index (χ2n) is 10.2. The highest BCUT2D eigenvalue weighted by molar-refractivity contribution is 5.39. The molecule has 9 nitrogen and oxygen atoms in total. The van der Waals surface area contributed by atoms with Crippen LogP contribution in [0.5, 0.6) is 5.75 Å². The summed E-state index contributed by atoms with van der Waals surface area (Å²) in [6.07, 6.45) is 4.94. The van der Waals surface area contributed by atoms with Gasteiger partial charge >= 0.3 is 6.01 Å². The van der Waals surface area contributed by atoms with Crippen LogP contribution in [0.3, 0.4) is 0 Å². The van der Waals surface area contributed by atoms with Gasteiger partial charge < -0.3 is 24.8 Å². The minimum Gasteiger partial charge on any atom is -0.490 e. The summed E-state index contributed by atoms with van der Waals surface area (Å²) in [6.45, 7) is 5.55. The van der Waals surface area contributed by atoms with E-state index in [9.17, 15) is 13.2 Å². The van der Waals surface area contributed by atoms with Gasteiger partial charge in [-0.15, -0.1) is 0 Å². The molecular formula is C25H30F3N7O2. The second kappa shape index (κ2) is 10.2. The Bertz CT molecular complexity index is 1210. The van der Waals surface area contributed by atoms with Crippen molar-refractivity contribution in [3.63, 3.8) is 0 Å². The van der Waals surface area contributed by atoms with Gasteiger partial charge in [-0.2, -0.15) is 4.98 Å². The summed E-state index contributed by atoms with van der Waals surface area (Å²) in [6, 6.07) is 3.40. The summed E-state index contributed by atoms with van der Waals surface area (Å²) < 4.78 is 53.1. The molecule has 2 atom stereocenters. The van der Waals surface area contributed by atoms with E-state index in [1.807, 2.05) is 9.80 Å². The van der Waals surface area contributed by atoms with E-state index in [4.69, 9.17) is 15.0 Å². The number of piperidine rings is 1. The highest BCUT2D eigenvalue weighted by Crippen LogP contribution is 2.31. The van der Waals surface area contributed by atoms with E-state index < -0.39 is 17.3 Å². The van der Waals surface area contributed by atoms with E-state index in [2.05, 4.69) is 20.1 Å². The maximum absolute atomic E-state index is 14.3. The molecule has 2 N–H and O–H groups in total. The third-order valence-electron chi connectivity index (χ3n) is 6.94. The van der Waals surface area contributed by atoms with Crippen molar-refractivity contribution in [2.45, 2.75) is 44.3 Å². The maximum atomic E-state index is 14.3. The number of nitrogens with zero attached hydrogens (tertiary/aromatic N) is 6. The highest BCUT2D eigenvalue weighted by atomic mass is 19.1. The molecule has 0 amide bonds. The molecule has 37 heavy (non-hydrogen) atoms. The van der Waals surface area contributed by atoms with Crippen molar-refractivity contribution >= 4 is 12.0 Å². The van der Waals surface area contributed by atoms with Gasteiger partial charge in [-0.3, -0.25) is 0 Å². The van der Waals surface area contributed by atoms with Crippen LogP contribution in [0.2, 0.25) is 0 Å². The third-order valence-corrected chi connectivity index (χ3v) is 6.94. The number of anilines is 2. The molecule has 2 aliphatic rings. The Hall–Kier alpha value is -3.41. The number of nitrogens with two attached hydrogens (primary N) is 1. The number of aromatic nitrogens is 4. The third kappa shape index (κ3) is 5.63. The van der Waals surface area contributed by atoms with Crippen LogP contribution >= 0.6 is 0 Å². The fourth-order valence-electron chi connectivity index (χ4n) is 4.76. The molecule has 2 aliphatic heterocycles. The molecule has 198 valence electrons. The van der Waals surface area contributed by atoms with Crippen molar-refractivity contribution < 1.29 is 22.4 Å². The van der Waals surface area contributed by atoms with Crippen LogP contribution in [0.1, 0.15) is 44.0 Å². The maximum Gasteiger partial charge on any atom is 0.324 e. The van der Waals surface area contributed by atoms with E-state index in [0.29, 0.717) is 56.4 Å². The molecule has 0 bridgehead atoms. The zero-order valence-electron chi connectivity index (χ0n) is 20.8. The fraction of sp³-hybridized carbons (Fsp3) is 0.520. The molecule has 12 heteroatoms. The van der Waals surface area contributed by atoms with Gasteiger partial charge in [0.1, 0.15) is 11.6 Å². The standard InChI is InChI=1S/C25H30F3N7O2/c1-25(2,28)22-32-24(37-33-22)34-7-5-15(6-8-34)14-36-17-10-30-23(31-11-17)35-12-19(21(29)13-35)18-9-16(26)3-4-20(18)27/h3-4,9-11,15,19,21H,5-8,12-14,29H2,1-2H3/t19-,21+/m1/s1. The van der Waals surface area contributed by atoms with E-state index >= 15 is 0 Å². The van der Waals surface area contributed by atoms with Gasteiger partial charge in [0.05, 0.1) is 19.0 Å². The number of halogens is 3. The van der Waals surface area contributed by atoms with Gasteiger partial charge in [0.25, 0.3) is 0 Å². The lowest BCUT2D eigenvalue weighted by molar-refractivity contribution is 0.199. The molecule has 2 fully saturated rings. The van der Waals surface area contributed by atoms with Crippen LogP contribution in [0, 0.1) is 17.6 Å². The Morgan fingerprint density at radius 2 is 1.84 bits per heavy atom.